The Bertz CT molecular complexity index is 388. The lowest BCUT2D eigenvalue weighted by Gasteiger charge is -2.21. The molecule has 0 saturated carbocycles. The number of thioether (sulfide) groups is 1. The first kappa shape index (κ1) is 13.4. The van der Waals surface area contributed by atoms with Gasteiger partial charge in [0.15, 0.2) is 0 Å². The maximum atomic E-state index is 10.5. The Morgan fingerprint density at radius 3 is 2.56 bits per heavy atom. The molecule has 0 unspecified atom stereocenters. The van der Waals surface area contributed by atoms with E-state index < -0.39 is 0 Å². The van der Waals surface area contributed by atoms with Crippen molar-refractivity contribution < 1.29 is 4.92 Å². The second-order valence-electron chi connectivity index (χ2n) is 4.61. The zero-order valence-corrected chi connectivity index (χ0v) is 11.1. The molecule has 0 atom stereocenters. The quantitative estimate of drug-likeness (QED) is 0.657. The van der Waals surface area contributed by atoms with Crippen molar-refractivity contribution in [3.8, 4) is 0 Å². The van der Waals surface area contributed by atoms with Crippen molar-refractivity contribution in [2.75, 3.05) is 18.1 Å². The molecule has 0 spiro atoms. The third-order valence-electron chi connectivity index (χ3n) is 3.25. The smallest absolute Gasteiger partial charge is 0.269 e. The van der Waals surface area contributed by atoms with Crippen molar-refractivity contribution in [1.82, 2.24) is 5.32 Å². The molecule has 1 fully saturated rings. The van der Waals surface area contributed by atoms with E-state index in [0.29, 0.717) is 0 Å². The number of non-ortho nitro benzene ring substituents is 1. The van der Waals surface area contributed by atoms with E-state index in [1.807, 2.05) is 23.9 Å². The first-order valence-electron chi connectivity index (χ1n) is 6.27. The van der Waals surface area contributed by atoms with Crippen LogP contribution in [-0.2, 0) is 6.54 Å². The highest BCUT2D eigenvalue weighted by molar-refractivity contribution is 7.99. The van der Waals surface area contributed by atoms with Gasteiger partial charge in [-0.15, -0.1) is 0 Å². The van der Waals surface area contributed by atoms with Gasteiger partial charge in [0.2, 0.25) is 0 Å². The van der Waals surface area contributed by atoms with Crippen LogP contribution in [0.2, 0.25) is 0 Å². The Hall–Kier alpha value is -1.07. The van der Waals surface area contributed by atoms with Crippen LogP contribution in [0.25, 0.3) is 0 Å². The van der Waals surface area contributed by atoms with Crippen LogP contribution in [0.4, 0.5) is 5.69 Å². The number of hydrogen-bond acceptors (Lipinski definition) is 4. The Morgan fingerprint density at radius 2 is 1.94 bits per heavy atom. The number of nitro groups is 1. The summed E-state index contributed by atoms with van der Waals surface area (Å²) in [7, 11) is 0. The molecule has 0 amide bonds. The summed E-state index contributed by atoms with van der Waals surface area (Å²) < 4.78 is 0. The van der Waals surface area contributed by atoms with E-state index in [9.17, 15) is 10.1 Å². The van der Waals surface area contributed by atoms with Crippen LogP contribution in [-0.4, -0.2) is 23.0 Å². The summed E-state index contributed by atoms with van der Waals surface area (Å²) in [5.74, 6) is 3.36. The summed E-state index contributed by atoms with van der Waals surface area (Å²) in [6.45, 7) is 1.85. The second-order valence-corrected chi connectivity index (χ2v) is 5.83. The first-order chi connectivity index (χ1) is 8.75. The van der Waals surface area contributed by atoms with E-state index in [-0.39, 0.29) is 10.6 Å². The van der Waals surface area contributed by atoms with E-state index in [1.54, 1.807) is 12.1 Å². The SMILES string of the molecule is O=[N+]([O-])c1ccc(CNCC2CCSCC2)cc1. The molecule has 5 heteroatoms. The molecule has 1 aromatic rings. The minimum atomic E-state index is -0.364. The van der Waals surface area contributed by atoms with Crippen molar-refractivity contribution in [2.24, 2.45) is 5.92 Å². The van der Waals surface area contributed by atoms with Gasteiger partial charge in [-0.25, -0.2) is 0 Å². The number of hydrogen-bond donors (Lipinski definition) is 1. The summed E-state index contributed by atoms with van der Waals surface area (Å²) in [5, 5.41) is 14.0. The van der Waals surface area contributed by atoms with Gasteiger partial charge in [0, 0.05) is 18.7 Å². The minimum absolute atomic E-state index is 0.156. The van der Waals surface area contributed by atoms with E-state index in [0.717, 1.165) is 24.6 Å². The maximum Gasteiger partial charge on any atom is 0.269 e. The van der Waals surface area contributed by atoms with Crippen molar-refractivity contribution in [2.45, 2.75) is 19.4 Å². The highest BCUT2D eigenvalue weighted by Crippen LogP contribution is 2.22. The number of nitrogens with one attached hydrogen (secondary N) is 1. The van der Waals surface area contributed by atoms with Gasteiger partial charge >= 0.3 is 0 Å². The van der Waals surface area contributed by atoms with E-state index >= 15 is 0 Å². The van der Waals surface area contributed by atoms with Gasteiger partial charge in [-0.05, 0) is 42.4 Å². The highest BCUT2D eigenvalue weighted by atomic mass is 32.2. The highest BCUT2D eigenvalue weighted by Gasteiger charge is 2.12. The van der Waals surface area contributed by atoms with Crippen molar-refractivity contribution in [1.29, 1.82) is 0 Å². The monoisotopic (exact) mass is 266 g/mol. The molecule has 98 valence electrons. The second kappa shape index (κ2) is 6.75. The fourth-order valence-electron chi connectivity index (χ4n) is 2.11. The Morgan fingerprint density at radius 1 is 1.28 bits per heavy atom. The topological polar surface area (TPSA) is 55.2 Å². The van der Waals surface area contributed by atoms with Gasteiger partial charge in [0.1, 0.15) is 0 Å². The van der Waals surface area contributed by atoms with Gasteiger partial charge in [-0.1, -0.05) is 12.1 Å². The molecule has 0 aliphatic carbocycles. The van der Waals surface area contributed by atoms with Gasteiger partial charge in [0.25, 0.3) is 5.69 Å². The van der Waals surface area contributed by atoms with Crippen molar-refractivity contribution >= 4 is 17.4 Å². The summed E-state index contributed by atoms with van der Waals surface area (Å²) in [5.41, 5.74) is 1.26. The molecule has 0 bridgehead atoms. The van der Waals surface area contributed by atoms with E-state index in [1.165, 1.54) is 24.3 Å². The summed E-state index contributed by atoms with van der Waals surface area (Å²) >= 11 is 2.04. The predicted octanol–water partition coefficient (Wildman–Crippen LogP) is 2.83. The molecule has 1 heterocycles. The average molecular weight is 266 g/mol. The van der Waals surface area contributed by atoms with Crippen LogP contribution in [0.5, 0.6) is 0 Å². The number of rotatable bonds is 5. The van der Waals surface area contributed by atoms with Gasteiger partial charge in [0.05, 0.1) is 4.92 Å². The van der Waals surface area contributed by atoms with Gasteiger partial charge in [-0.3, -0.25) is 10.1 Å². The minimum Gasteiger partial charge on any atom is -0.312 e. The summed E-state index contributed by atoms with van der Waals surface area (Å²) in [6, 6.07) is 6.77. The molecule has 0 aromatic heterocycles. The van der Waals surface area contributed by atoms with Gasteiger partial charge in [-0.2, -0.15) is 11.8 Å². The van der Waals surface area contributed by atoms with E-state index in [2.05, 4.69) is 5.32 Å². The fourth-order valence-corrected chi connectivity index (χ4v) is 3.31. The number of nitro benzene ring substituents is 1. The molecule has 4 nitrogen and oxygen atoms in total. The maximum absolute atomic E-state index is 10.5. The summed E-state index contributed by atoms with van der Waals surface area (Å²) in [4.78, 5) is 10.2. The standard InChI is InChI=1S/C13H18N2O2S/c16-15(17)13-3-1-11(2-4-13)9-14-10-12-5-7-18-8-6-12/h1-4,12,14H,5-10H2. The molecule has 1 N–H and O–H groups in total. The molecule has 2 rings (SSSR count). The molecule has 18 heavy (non-hydrogen) atoms. The summed E-state index contributed by atoms with van der Waals surface area (Å²) in [6.07, 6.45) is 2.61. The first-order valence-corrected chi connectivity index (χ1v) is 7.43. The lowest BCUT2D eigenvalue weighted by molar-refractivity contribution is -0.384. The van der Waals surface area contributed by atoms with Crippen LogP contribution in [0.1, 0.15) is 18.4 Å². The lowest BCUT2D eigenvalue weighted by atomic mass is 10.0. The van der Waals surface area contributed by atoms with Crippen LogP contribution in [0, 0.1) is 16.0 Å². The molecule has 1 aromatic carbocycles. The lowest BCUT2D eigenvalue weighted by Crippen LogP contribution is -2.25. The molecule has 0 radical (unpaired) electrons. The number of benzene rings is 1. The fraction of sp³-hybridized carbons (Fsp3) is 0.538. The Kier molecular flexibility index (Phi) is 5.01. The third-order valence-corrected chi connectivity index (χ3v) is 4.30. The molecule has 1 aliphatic heterocycles. The van der Waals surface area contributed by atoms with Crippen molar-refractivity contribution in [3.63, 3.8) is 0 Å². The molecular weight excluding hydrogens is 248 g/mol. The molecule has 1 saturated heterocycles. The average Bonchev–Trinajstić information content (AvgIpc) is 2.40. The Labute approximate surface area is 111 Å². The Balaban J connectivity index is 1.74. The zero-order valence-electron chi connectivity index (χ0n) is 10.3. The van der Waals surface area contributed by atoms with Crippen LogP contribution >= 0.6 is 11.8 Å². The van der Waals surface area contributed by atoms with E-state index in [4.69, 9.17) is 0 Å². The van der Waals surface area contributed by atoms with Crippen LogP contribution in [0.3, 0.4) is 0 Å². The third kappa shape index (κ3) is 3.99. The van der Waals surface area contributed by atoms with Crippen LogP contribution < -0.4 is 5.32 Å². The van der Waals surface area contributed by atoms with Crippen LogP contribution in [0.15, 0.2) is 24.3 Å². The van der Waals surface area contributed by atoms with Gasteiger partial charge < -0.3 is 5.32 Å². The number of nitrogens with zero attached hydrogens (tertiary/aromatic N) is 1. The molecular formula is C13H18N2O2S. The predicted molar refractivity (Wildman–Crippen MR) is 74.9 cm³/mol. The largest absolute Gasteiger partial charge is 0.312 e. The molecule has 1 aliphatic rings. The van der Waals surface area contributed by atoms with Crippen molar-refractivity contribution in [3.05, 3.63) is 39.9 Å². The zero-order chi connectivity index (χ0) is 12.8. The normalized spacial score (nSPS) is 16.7.